The molecule has 0 unspecified atom stereocenters. The standard InChI is InChI=1S/C16H23NO5S/c1-9(2)14(20)13-11(7-12(18)19)15(21)17(16(13)23-3)8-10-5-4-6-22-10/h9-10,16H,4-8H2,1-3H3,(H,18,19)/t10-,16-/m1/s1. The maximum Gasteiger partial charge on any atom is 0.308 e. The predicted octanol–water partition coefficient (Wildman–Crippen LogP) is 1.69. The Morgan fingerprint density at radius 2 is 2.13 bits per heavy atom. The lowest BCUT2D eigenvalue weighted by Crippen LogP contribution is -2.40. The van der Waals surface area contributed by atoms with Gasteiger partial charge in [-0.3, -0.25) is 14.4 Å². The maximum atomic E-state index is 12.7. The Labute approximate surface area is 140 Å². The van der Waals surface area contributed by atoms with Gasteiger partial charge in [-0.25, -0.2) is 0 Å². The van der Waals surface area contributed by atoms with Crippen LogP contribution in [0, 0.1) is 5.92 Å². The molecule has 0 aliphatic carbocycles. The Kier molecular flexibility index (Phi) is 5.86. The van der Waals surface area contributed by atoms with Gasteiger partial charge in [-0.05, 0) is 19.1 Å². The summed E-state index contributed by atoms with van der Waals surface area (Å²) in [6, 6.07) is 0. The quantitative estimate of drug-likeness (QED) is 0.759. The van der Waals surface area contributed by atoms with Crippen molar-refractivity contribution in [3.8, 4) is 0 Å². The molecule has 2 atom stereocenters. The van der Waals surface area contributed by atoms with Gasteiger partial charge in [0.15, 0.2) is 5.78 Å². The third kappa shape index (κ3) is 3.77. The predicted molar refractivity (Wildman–Crippen MR) is 87.1 cm³/mol. The number of amides is 1. The third-order valence-corrected chi connectivity index (χ3v) is 5.08. The molecule has 2 rings (SSSR count). The Morgan fingerprint density at radius 1 is 1.43 bits per heavy atom. The molecule has 7 heteroatoms. The van der Waals surface area contributed by atoms with E-state index in [1.807, 2.05) is 6.26 Å². The molecule has 0 aromatic rings. The normalized spacial score (nSPS) is 24.9. The van der Waals surface area contributed by atoms with Gasteiger partial charge in [0.2, 0.25) is 0 Å². The maximum absolute atomic E-state index is 12.7. The minimum atomic E-state index is -1.10. The Hall–Kier alpha value is -1.34. The SMILES string of the molecule is CS[C@@H]1C(C(=O)C(C)C)=C(CC(=O)O)C(=O)N1C[C@H]1CCCO1. The fraction of sp³-hybridized carbons (Fsp3) is 0.688. The molecular formula is C16H23NO5S. The van der Waals surface area contributed by atoms with Crippen molar-refractivity contribution in [3.63, 3.8) is 0 Å². The van der Waals surface area contributed by atoms with Crippen molar-refractivity contribution < 1.29 is 24.2 Å². The largest absolute Gasteiger partial charge is 0.481 e. The summed E-state index contributed by atoms with van der Waals surface area (Å²) in [5.74, 6) is -1.87. The van der Waals surface area contributed by atoms with Crippen LogP contribution in [0.25, 0.3) is 0 Å². The first kappa shape index (κ1) is 18.0. The van der Waals surface area contributed by atoms with Crippen LogP contribution in [0.5, 0.6) is 0 Å². The average Bonchev–Trinajstić information content (AvgIpc) is 3.07. The summed E-state index contributed by atoms with van der Waals surface area (Å²) in [6.07, 6.45) is 3.23. The van der Waals surface area contributed by atoms with E-state index in [1.165, 1.54) is 11.8 Å². The van der Waals surface area contributed by atoms with E-state index in [1.54, 1.807) is 18.7 Å². The molecule has 23 heavy (non-hydrogen) atoms. The highest BCUT2D eigenvalue weighted by molar-refractivity contribution is 7.99. The zero-order valence-corrected chi connectivity index (χ0v) is 14.5. The van der Waals surface area contributed by atoms with Crippen molar-refractivity contribution >= 4 is 29.4 Å². The van der Waals surface area contributed by atoms with Crippen LogP contribution in [0.15, 0.2) is 11.1 Å². The van der Waals surface area contributed by atoms with Crippen LogP contribution >= 0.6 is 11.8 Å². The number of ether oxygens (including phenoxy) is 1. The summed E-state index contributed by atoms with van der Waals surface area (Å²) < 4.78 is 5.59. The monoisotopic (exact) mass is 341 g/mol. The van der Waals surface area contributed by atoms with Crippen LogP contribution in [-0.4, -0.2) is 58.6 Å². The highest BCUT2D eigenvalue weighted by Crippen LogP contribution is 2.36. The van der Waals surface area contributed by atoms with Gasteiger partial charge in [0.25, 0.3) is 5.91 Å². The molecule has 2 aliphatic heterocycles. The second-order valence-corrected chi connectivity index (χ2v) is 7.08. The second-order valence-electron chi connectivity index (χ2n) is 6.16. The lowest BCUT2D eigenvalue weighted by Gasteiger charge is -2.28. The zero-order chi connectivity index (χ0) is 17.1. The van der Waals surface area contributed by atoms with Gasteiger partial charge in [-0.1, -0.05) is 13.8 Å². The van der Waals surface area contributed by atoms with Crippen molar-refractivity contribution in [3.05, 3.63) is 11.1 Å². The Balaban J connectivity index is 2.33. The molecule has 1 N–H and O–H groups in total. The van der Waals surface area contributed by atoms with E-state index >= 15 is 0 Å². The molecule has 0 bridgehead atoms. The van der Waals surface area contributed by atoms with E-state index < -0.39 is 17.8 Å². The smallest absolute Gasteiger partial charge is 0.308 e. The van der Waals surface area contributed by atoms with E-state index in [2.05, 4.69) is 0 Å². The van der Waals surface area contributed by atoms with Gasteiger partial charge >= 0.3 is 5.97 Å². The van der Waals surface area contributed by atoms with E-state index in [4.69, 9.17) is 9.84 Å². The number of hydrogen-bond acceptors (Lipinski definition) is 5. The van der Waals surface area contributed by atoms with Crippen molar-refractivity contribution in [2.24, 2.45) is 5.92 Å². The van der Waals surface area contributed by atoms with Crippen molar-refractivity contribution in [1.29, 1.82) is 0 Å². The van der Waals surface area contributed by atoms with Crippen molar-refractivity contribution in [2.45, 2.75) is 44.6 Å². The molecule has 0 radical (unpaired) electrons. The number of ketones is 1. The summed E-state index contributed by atoms with van der Waals surface area (Å²) >= 11 is 1.39. The second kappa shape index (κ2) is 7.49. The van der Waals surface area contributed by atoms with E-state index in [-0.39, 0.29) is 29.3 Å². The van der Waals surface area contributed by atoms with E-state index in [9.17, 15) is 14.4 Å². The van der Waals surface area contributed by atoms with Crippen molar-refractivity contribution in [1.82, 2.24) is 4.90 Å². The highest BCUT2D eigenvalue weighted by atomic mass is 32.2. The number of carboxylic acid groups (broad SMARTS) is 1. The number of carboxylic acids is 1. The van der Waals surface area contributed by atoms with Crippen LogP contribution in [0.1, 0.15) is 33.1 Å². The molecule has 0 aromatic carbocycles. The van der Waals surface area contributed by atoms with Gasteiger partial charge in [-0.15, -0.1) is 11.8 Å². The summed E-state index contributed by atoms with van der Waals surface area (Å²) in [7, 11) is 0. The highest BCUT2D eigenvalue weighted by Gasteiger charge is 2.43. The van der Waals surface area contributed by atoms with Crippen LogP contribution < -0.4 is 0 Å². The summed E-state index contributed by atoms with van der Waals surface area (Å²) in [4.78, 5) is 38.0. The van der Waals surface area contributed by atoms with Gasteiger partial charge < -0.3 is 14.7 Å². The minimum absolute atomic E-state index is 0.0341. The fourth-order valence-electron chi connectivity index (χ4n) is 3.03. The molecule has 1 amide bonds. The lowest BCUT2D eigenvalue weighted by molar-refractivity contribution is -0.137. The van der Waals surface area contributed by atoms with Crippen LogP contribution in [0.3, 0.4) is 0 Å². The van der Waals surface area contributed by atoms with Gasteiger partial charge in [0.05, 0.1) is 12.5 Å². The van der Waals surface area contributed by atoms with Crippen molar-refractivity contribution in [2.75, 3.05) is 19.4 Å². The van der Waals surface area contributed by atoms with E-state index in [0.717, 1.165) is 12.8 Å². The van der Waals surface area contributed by atoms with Gasteiger partial charge in [-0.2, -0.15) is 0 Å². The number of nitrogens with zero attached hydrogens (tertiary/aromatic N) is 1. The van der Waals surface area contributed by atoms with E-state index in [0.29, 0.717) is 18.7 Å². The lowest BCUT2D eigenvalue weighted by atomic mass is 9.96. The number of carbonyl (C=O) groups is 3. The first-order valence-corrected chi connectivity index (χ1v) is 9.10. The van der Waals surface area contributed by atoms with Gasteiger partial charge in [0, 0.05) is 30.2 Å². The molecule has 0 spiro atoms. The first-order valence-electron chi connectivity index (χ1n) is 7.81. The molecule has 0 aromatic heterocycles. The summed E-state index contributed by atoms with van der Waals surface area (Å²) in [6.45, 7) is 4.61. The molecule has 1 fully saturated rings. The number of hydrogen-bond donors (Lipinski definition) is 1. The summed E-state index contributed by atoms with van der Waals surface area (Å²) in [5.41, 5.74) is 0.492. The molecule has 128 valence electrons. The first-order chi connectivity index (χ1) is 10.9. The number of thioether (sulfide) groups is 1. The molecular weight excluding hydrogens is 318 g/mol. The fourth-order valence-corrected chi connectivity index (χ4v) is 3.97. The van der Waals surface area contributed by atoms with Crippen LogP contribution in [-0.2, 0) is 19.1 Å². The molecule has 2 aliphatic rings. The number of aliphatic carboxylic acids is 1. The van der Waals surface area contributed by atoms with Crippen LogP contribution in [0.2, 0.25) is 0 Å². The summed E-state index contributed by atoms with van der Waals surface area (Å²) in [5, 5.41) is 8.69. The molecule has 2 heterocycles. The Bertz CT molecular complexity index is 537. The average molecular weight is 341 g/mol. The number of rotatable bonds is 7. The number of carbonyl (C=O) groups excluding carboxylic acids is 2. The molecule has 0 saturated carbocycles. The Morgan fingerprint density at radius 3 is 2.61 bits per heavy atom. The third-order valence-electron chi connectivity index (χ3n) is 4.14. The molecule has 1 saturated heterocycles. The number of Topliss-reactive ketones (excluding diaryl/α,β-unsaturated/α-hetero) is 1. The topological polar surface area (TPSA) is 83.9 Å². The molecule has 6 nitrogen and oxygen atoms in total. The van der Waals surface area contributed by atoms with Crippen LogP contribution in [0.4, 0.5) is 0 Å². The minimum Gasteiger partial charge on any atom is -0.481 e. The zero-order valence-electron chi connectivity index (χ0n) is 13.7. The van der Waals surface area contributed by atoms with Gasteiger partial charge in [0.1, 0.15) is 5.37 Å².